The first-order valence-electron chi connectivity index (χ1n) is 9.08. The second kappa shape index (κ2) is 6.19. The van der Waals surface area contributed by atoms with Gasteiger partial charge in [-0.1, -0.05) is 12.1 Å². The number of aliphatic hydroxyl groups excluding tert-OH is 1. The Bertz CT molecular complexity index is 1040. The van der Waals surface area contributed by atoms with Crippen LogP contribution in [-0.2, 0) is 0 Å². The van der Waals surface area contributed by atoms with E-state index in [4.69, 9.17) is 5.73 Å². The first-order valence-corrected chi connectivity index (χ1v) is 9.08. The largest absolute Gasteiger partial charge is 0.398 e. The molecule has 2 aromatic carbocycles. The summed E-state index contributed by atoms with van der Waals surface area (Å²) in [6.07, 6.45) is 4.54. The first-order chi connectivity index (χ1) is 12.5. The Morgan fingerprint density at radius 3 is 2.69 bits per heavy atom. The maximum atomic E-state index is 10.0. The minimum Gasteiger partial charge on any atom is -0.398 e. The average molecular weight is 345 g/mol. The van der Waals surface area contributed by atoms with Crippen LogP contribution in [0.1, 0.15) is 42.0 Å². The van der Waals surface area contributed by atoms with E-state index < -0.39 is 0 Å². The molecule has 1 saturated carbocycles. The molecule has 1 aliphatic carbocycles. The van der Waals surface area contributed by atoms with Gasteiger partial charge in [-0.05, 0) is 68.0 Å². The Morgan fingerprint density at radius 2 is 2.00 bits per heavy atom. The van der Waals surface area contributed by atoms with Crippen molar-refractivity contribution in [1.82, 2.24) is 4.57 Å². The summed E-state index contributed by atoms with van der Waals surface area (Å²) in [5.41, 5.74) is 13.0. The Morgan fingerprint density at radius 1 is 1.19 bits per heavy atom. The number of fused-ring (bicyclic) bond motifs is 1. The molecule has 26 heavy (non-hydrogen) atoms. The molecule has 0 bridgehead atoms. The second-order valence-corrected chi connectivity index (χ2v) is 7.39. The van der Waals surface area contributed by atoms with Gasteiger partial charge in [-0.3, -0.25) is 0 Å². The molecule has 0 radical (unpaired) electrons. The third-order valence-corrected chi connectivity index (χ3v) is 5.74. The number of rotatable bonds is 2. The highest BCUT2D eigenvalue weighted by atomic mass is 16.3. The van der Waals surface area contributed by atoms with Crippen molar-refractivity contribution in [3.8, 4) is 17.2 Å². The third kappa shape index (κ3) is 2.56. The van der Waals surface area contributed by atoms with E-state index in [1.807, 2.05) is 32.0 Å². The zero-order valence-electron chi connectivity index (χ0n) is 15.2. The summed E-state index contributed by atoms with van der Waals surface area (Å²) in [7, 11) is 0. The number of anilines is 1. The highest BCUT2D eigenvalue weighted by Crippen LogP contribution is 2.40. The van der Waals surface area contributed by atoms with Gasteiger partial charge in [0, 0.05) is 34.4 Å². The number of nitrogens with zero attached hydrogens (tertiary/aromatic N) is 2. The predicted octanol–water partition coefficient (Wildman–Crippen LogP) is 4.46. The number of nitrogen functional groups attached to an aromatic ring is 1. The molecule has 1 aliphatic rings. The lowest BCUT2D eigenvalue weighted by Gasteiger charge is -2.14. The van der Waals surface area contributed by atoms with E-state index in [0.29, 0.717) is 5.56 Å². The van der Waals surface area contributed by atoms with Crippen molar-refractivity contribution >= 4 is 16.6 Å². The fourth-order valence-electron chi connectivity index (χ4n) is 4.17. The SMILES string of the molecule is Cc1cc2c(cc1C#N)c(-c1cccc(N)c1C)cn2[C@@H]1CC[C@@H](O)C1. The molecule has 1 heterocycles. The average Bonchev–Trinajstić information content (AvgIpc) is 3.20. The van der Waals surface area contributed by atoms with Crippen LogP contribution in [0.5, 0.6) is 0 Å². The first kappa shape index (κ1) is 16.7. The molecule has 0 unspecified atom stereocenters. The molecule has 0 spiro atoms. The van der Waals surface area contributed by atoms with Crippen molar-refractivity contribution in [2.24, 2.45) is 0 Å². The Kier molecular flexibility index (Phi) is 3.97. The summed E-state index contributed by atoms with van der Waals surface area (Å²) in [5.74, 6) is 0. The van der Waals surface area contributed by atoms with Crippen LogP contribution in [-0.4, -0.2) is 15.8 Å². The maximum absolute atomic E-state index is 10.0. The van der Waals surface area contributed by atoms with E-state index in [1.165, 1.54) is 0 Å². The molecule has 0 saturated heterocycles. The fourth-order valence-corrected chi connectivity index (χ4v) is 4.17. The zero-order valence-corrected chi connectivity index (χ0v) is 15.2. The lowest BCUT2D eigenvalue weighted by atomic mass is 9.97. The lowest BCUT2D eigenvalue weighted by molar-refractivity contribution is 0.178. The van der Waals surface area contributed by atoms with E-state index >= 15 is 0 Å². The molecular weight excluding hydrogens is 322 g/mol. The molecule has 0 amide bonds. The smallest absolute Gasteiger partial charge is 0.0994 e. The number of aryl methyl sites for hydroxylation is 1. The number of hydrogen-bond donors (Lipinski definition) is 2. The summed E-state index contributed by atoms with van der Waals surface area (Å²) in [6, 6.07) is 12.7. The molecule has 132 valence electrons. The van der Waals surface area contributed by atoms with Crippen LogP contribution in [0.15, 0.2) is 36.5 Å². The Labute approximate surface area is 153 Å². The quantitative estimate of drug-likeness (QED) is 0.673. The summed E-state index contributed by atoms with van der Waals surface area (Å²) < 4.78 is 2.29. The minimum absolute atomic E-state index is 0.227. The highest BCUT2D eigenvalue weighted by Gasteiger charge is 2.26. The van der Waals surface area contributed by atoms with Gasteiger partial charge in [0.05, 0.1) is 17.7 Å². The number of nitriles is 1. The van der Waals surface area contributed by atoms with Crippen LogP contribution < -0.4 is 5.73 Å². The molecule has 1 aromatic heterocycles. The Hall–Kier alpha value is -2.77. The zero-order chi connectivity index (χ0) is 18.4. The van der Waals surface area contributed by atoms with Gasteiger partial charge in [0.1, 0.15) is 0 Å². The van der Waals surface area contributed by atoms with Crippen LogP contribution in [0.3, 0.4) is 0 Å². The minimum atomic E-state index is -0.227. The van der Waals surface area contributed by atoms with Gasteiger partial charge < -0.3 is 15.4 Å². The predicted molar refractivity (Wildman–Crippen MR) is 105 cm³/mol. The van der Waals surface area contributed by atoms with Crippen molar-refractivity contribution in [2.75, 3.05) is 5.73 Å². The summed E-state index contributed by atoms with van der Waals surface area (Å²) in [6.45, 7) is 4.01. The molecule has 3 N–H and O–H groups in total. The van der Waals surface area contributed by atoms with Gasteiger partial charge in [-0.2, -0.15) is 5.26 Å². The molecule has 0 aliphatic heterocycles. The van der Waals surface area contributed by atoms with Crippen LogP contribution in [0.2, 0.25) is 0 Å². The molecule has 2 atom stereocenters. The van der Waals surface area contributed by atoms with Crippen LogP contribution in [0.4, 0.5) is 5.69 Å². The van der Waals surface area contributed by atoms with E-state index in [1.54, 1.807) is 0 Å². The van der Waals surface area contributed by atoms with Crippen molar-refractivity contribution in [2.45, 2.75) is 45.3 Å². The highest BCUT2D eigenvalue weighted by molar-refractivity contribution is 5.98. The van der Waals surface area contributed by atoms with Crippen molar-refractivity contribution < 1.29 is 5.11 Å². The maximum Gasteiger partial charge on any atom is 0.0994 e. The third-order valence-electron chi connectivity index (χ3n) is 5.74. The molecule has 4 rings (SSSR count). The van der Waals surface area contributed by atoms with Crippen molar-refractivity contribution in [1.29, 1.82) is 5.26 Å². The van der Waals surface area contributed by atoms with Crippen LogP contribution in [0.25, 0.3) is 22.0 Å². The molecule has 4 heteroatoms. The molecule has 4 nitrogen and oxygen atoms in total. The summed E-state index contributed by atoms with van der Waals surface area (Å²) >= 11 is 0. The van der Waals surface area contributed by atoms with Gasteiger partial charge >= 0.3 is 0 Å². The molecule has 3 aromatic rings. The number of aliphatic hydroxyl groups is 1. The summed E-state index contributed by atoms with van der Waals surface area (Å²) in [5, 5.41) is 20.6. The summed E-state index contributed by atoms with van der Waals surface area (Å²) in [4.78, 5) is 0. The van der Waals surface area contributed by atoms with Gasteiger partial charge in [-0.15, -0.1) is 0 Å². The van der Waals surface area contributed by atoms with Crippen molar-refractivity contribution in [3.63, 3.8) is 0 Å². The Balaban J connectivity index is 2.01. The normalized spacial score (nSPS) is 19.8. The van der Waals surface area contributed by atoms with Crippen LogP contribution in [0, 0.1) is 25.2 Å². The van der Waals surface area contributed by atoms with Gasteiger partial charge in [-0.25, -0.2) is 0 Å². The second-order valence-electron chi connectivity index (χ2n) is 7.39. The van der Waals surface area contributed by atoms with E-state index in [2.05, 4.69) is 29.0 Å². The fraction of sp³-hybridized carbons (Fsp3) is 0.318. The van der Waals surface area contributed by atoms with E-state index in [0.717, 1.165) is 58.1 Å². The lowest BCUT2D eigenvalue weighted by Crippen LogP contribution is -2.06. The van der Waals surface area contributed by atoms with E-state index in [-0.39, 0.29) is 12.1 Å². The number of nitrogens with two attached hydrogens (primary N) is 1. The molecular formula is C22H23N3O. The van der Waals surface area contributed by atoms with Crippen molar-refractivity contribution in [3.05, 3.63) is 53.2 Å². The number of benzene rings is 2. The number of aromatic nitrogens is 1. The standard InChI is InChI=1S/C22H23N3O/c1-13-8-22-19(9-15(13)11-23)20(18-4-3-5-21(24)14(18)2)12-25(22)16-6-7-17(26)10-16/h3-5,8-9,12,16-17,26H,6-7,10,24H2,1-2H3/t16-,17-/m1/s1. The van der Waals surface area contributed by atoms with Gasteiger partial charge in [0.25, 0.3) is 0 Å². The number of hydrogen-bond acceptors (Lipinski definition) is 3. The van der Waals surface area contributed by atoms with Gasteiger partial charge in [0.15, 0.2) is 0 Å². The van der Waals surface area contributed by atoms with Crippen LogP contribution >= 0.6 is 0 Å². The van der Waals surface area contributed by atoms with E-state index in [9.17, 15) is 10.4 Å². The topological polar surface area (TPSA) is 75.0 Å². The monoisotopic (exact) mass is 345 g/mol. The molecule has 1 fully saturated rings. The van der Waals surface area contributed by atoms with Gasteiger partial charge in [0.2, 0.25) is 0 Å².